The third kappa shape index (κ3) is 5.49. The highest BCUT2D eigenvalue weighted by Crippen LogP contribution is 2.47. The molecule has 0 aliphatic rings. The lowest BCUT2D eigenvalue weighted by molar-refractivity contribution is 0.569. The maximum absolute atomic E-state index is 3.54. The lowest BCUT2D eigenvalue weighted by atomic mass is 9.76. The van der Waals surface area contributed by atoms with Gasteiger partial charge in [0.05, 0.1) is 0 Å². The quantitative estimate of drug-likeness (QED) is 0.213. The molecule has 1 heterocycles. The molecule has 0 aliphatic carbocycles. The lowest BCUT2D eigenvalue weighted by Gasteiger charge is -2.28. The zero-order chi connectivity index (χ0) is 30.1. The number of H-pyrrole nitrogens is 1. The molecule has 0 saturated heterocycles. The Hall–Kier alpha value is -3.32. The summed E-state index contributed by atoms with van der Waals surface area (Å²) in [5, 5.41) is 5.24. The van der Waals surface area contributed by atoms with Crippen LogP contribution in [-0.4, -0.2) is 4.98 Å². The molecule has 1 heteroatoms. The van der Waals surface area contributed by atoms with Crippen LogP contribution in [0.25, 0.3) is 43.9 Å². The Labute approximate surface area is 248 Å². The van der Waals surface area contributed by atoms with E-state index in [0.29, 0.717) is 0 Å². The minimum atomic E-state index is 0.0406. The van der Waals surface area contributed by atoms with Gasteiger partial charge < -0.3 is 4.98 Å². The fourth-order valence-electron chi connectivity index (χ4n) is 5.89. The summed E-state index contributed by atoms with van der Waals surface area (Å²) in [6.07, 6.45) is 2.04. The van der Waals surface area contributed by atoms with E-state index in [1.54, 1.807) is 0 Å². The van der Waals surface area contributed by atoms with Gasteiger partial charge in [0, 0.05) is 17.5 Å². The van der Waals surface area contributed by atoms with Crippen molar-refractivity contribution in [1.82, 2.24) is 4.98 Å². The van der Waals surface area contributed by atoms with Crippen LogP contribution in [0.4, 0.5) is 0 Å². The number of nitrogens with one attached hydrogen (secondary N) is 1. The molecule has 41 heavy (non-hydrogen) atoms. The summed E-state index contributed by atoms with van der Waals surface area (Å²) in [6.45, 7) is 27.9. The van der Waals surface area contributed by atoms with Crippen LogP contribution in [0.15, 0.2) is 72.9 Å². The molecule has 0 aliphatic heterocycles. The molecule has 0 unspecified atom stereocenters. The summed E-state index contributed by atoms with van der Waals surface area (Å²) in [5.74, 6) is 0. The van der Waals surface area contributed by atoms with E-state index in [4.69, 9.17) is 0 Å². The van der Waals surface area contributed by atoms with Crippen molar-refractivity contribution in [3.8, 4) is 22.4 Å². The second-order valence-electron chi connectivity index (χ2n) is 16.2. The predicted molar refractivity (Wildman–Crippen MR) is 181 cm³/mol. The molecule has 1 N–H and O–H groups in total. The molecule has 0 radical (unpaired) electrons. The molecule has 0 atom stereocenters. The minimum Gasteiger partial charge on any atom is -0.361 e. The van der Waals surface area contributed by atoms with Crippen molar-refractivity contribution in [1.29, 1.82) is 0 Å². The molecule has 0 fully saturated rings. The molecule has 0 spiro atoms. The molecule has 5 aromatic rings. The smallest absolute Gasteiger partial charge is 0.0466 e. The number of benzene rings is 4. The van der Waals surface area contributed by atoms with Crippen molar-refractivity contribution in [2.45, 2.75) is 105 Å². The summed E-state index contributed by atoms with van der Waals surface area (Å²) in [4.78, 5) is 3.54. The van der Waals surface area contributed by atoms with Gasteiger partial charge in [-0.3, -0.25) is 0 Å². The maximum atomic E-state index is 3.54. The van der Waals surface area contributed by atoms with Crippen molar-refractivity contribution >= 4 is 21.5 Å². The van der Waals surface area contributed by atoms with E-state index in [0.717, 1.165) is 5.69 Å². The van der Waals surface area contributed by atoms with E-state index in [9.17, 15) is 0 Å². The SMILES string of the molecule is CC(C)(C)c1cc(-c2c3cc(C(C)(C)C)ccc3c(-c3ccc[nH]3)c3ccc(C(C)(C)C)cc23)cc(C(C)(C)C)c1. The van der Waals surface area contributed by atoms with Crippen LogP contribution >= 0.6 is 0 Å². The average molecular weight is 544 g/mol. The van der Waals surface area contributed by atoms with E-state index < -0.39 is 0 Å². The standard InChI is InChI=1S/C40H49N/c1-37(2,3)26-15-17-30-32(23-26)35(25-20-28(39(7,8)9)22-29(21-25)40(10,11)12)33-24-27(38(4,5)6)16-18-31(33)36(30)34-14-13-19-41-34/h13-24,41H,1-12H3. The summed E-state index contributed by atoms with van der Waals surface area (Å²) in [6, 6.07) is 26.0. The Morgan fingerprint density at radius 1 is 0.415 bits per heavy atom. The fraction of sp³-hybridized carbons (Fsp3) is 0.400. The van der Waals surface area contributed by atoms with E-state index in [1.807, 2.05) is 6.20 Å². The van der Waals surface area contributed by atoms with E-state index >= 15 is 0 Å². The zero-order valence-corrected chi connectivity index (χ0v) is 27.4. The number of hydrogen-bond donors (Lipinski definition) is 1. The van der Waals surface area contributed by atoms with Crippen LogP contribution < -0.4 is 0 Å². The van der Waals surface area contributed by atoms with Crippen LogP contribution in [0, 0.1) is 0 Å². The Bertz CT molecular complexity index is 1630. The van der Waals surface area contributed by atoms with Crippen LogP contribution in [0.2, 0.25) is 0 Å². The molecular formula is C40H49N. The fourth-order valence-corrected chi connectivity index (χ4v) is 5.89. The summed E-state index contributed by atoms with van der Waals surface area (Å²) in [7, 11) is 0. The molecular weight excluding hydrogens is 494 g/mol. The van der Waals surface area contributed by atoms with Crippen molar-refractivity contribution in [2.75, 3.05) is 0 Å². The van der Waals surface area contributed by atoms with Gasteiger partial charge in [-0.15, -0.1) is 0 Å². The number of aromatic nitrogens is 1. The normalized spacial score (nSPS) is 13.4. The second-order valence-corrected chi connectivity index (χ2v) is 16.2. The average Bonchev–Trinajstić information content (AvgIpc) is 3.38. The Morgan fingerprint density at radius 2 is 0.854 bits per heavy atom. The van der Waals surface area contributed by atoms with Gasteiger partial charge in [-0.1, -0.05) is 126 Å². The van der Waals surface area contributed by atoms with Gasteiger partial charge in [0.15, 0.2) is 0 Å². The number of rotatable bonds is 2. The first-order valence-corrected chi connectivity index (χ1v) is 15.2. The van der Waals surface area contributed by atoms with Crippen molar-refractivity contribution in [2.24, 2.45) is 0 Å². The van der Waals surface area contributed by atoms with E-state index in [2.05, 4.69) is 155 Å². The predicted octanol–water partition coefficient (Wildman–Crippen LogP) is 11.8. The Morgan fingerprint density at radius 3 is 1.22 bits per heavy atom. The highest BCUT2D eigenvalue weighted by atomic mass is 14.7. The summed E-state index contributed by atoms with van der Waals surface area (Å²) < 4.78 is 0. The van der Waals surface area contributed by atoms with Gasteiger partial charge in [0.25, 0.3) is 0 Å². The number of aromatic amines is 1. The molecule has 0 bridgehead atoms. The molecule has 1 aromatic heterocycles. The van der Waals surface area contributed by atoms with Crippen molar-refractivity contribution in [3.05, 3.63) is 95.2 Å². The minimum absolute atomic E-state index is 0.0406. The van der Waals surface area contributed by atoms with Crippen molar-refractivity contribution in [3.63, 3.8) is 0 Å². The molecule has 5 rings (SSSR count). The van der Waals surface area contributed by atoms with Gasteiger partial charge in [0.2, 0.25) is 0 Å². The first kappa shape index (κ1) is 29.2. The van der Waals surface area contributed by atoms with Gasteiger partial charge in [-0.05, 0) is 101 Å². The van der Waals surface area contributed by atoms with Gasteiger partial charge >= 0.3 is 0 Å². The molecule has 1 nitrogen and oxygen atoms in total. The maximum Gasteiger partial charge on any atom is 0.0466 e. The zero-order valence-electron chi connectivity index (χ0n) is 27.4. The number of fused-ring (bicyclic) bond motifs is 2. The van der Waals surface area contributed by atoms with Gasteiger partial charge in [-0.25, -0.2) is 0 Å². The van der Waals surface area contributed by atoms with Crippen LogP contribution in [0.3, 0.4) is 0 Å². The Balaban J connectivity index is 2.06. The lowest BCUT2D eigenvalue weighted by Crippen LogP contribution is -2.16. The third-order valence-electron chi connectivity index (χ3n) is 8.67. The van der Waals surface area contributed by atoms with Gasteiger partial charge in [-0.2, -0.15) is 0 Å². The van der Waals surface area contributed by atoms with E-state index in [1.165, 1.54) is 60.5 Å². The largest absolute Gasteiger partial charge is 0.361 e. The van der Waals surface area contributed by atoms with Crippen LogP contribution in [-0.2, 0) is 21.7 Å². The van der Waals surface area contributed by atoms with Crippen LogP contribution in [0.1, 0.15) is 105 Å². The second kappa shape index (κ2) is 9.62. The molecule has 214 valence electrons. The molecule has 0 saturated carbocycles. The summed E-state index contributed by atoms with van der Waals surface area (Å²) in [5.41, 5.74) is 10.8. The molecule has 0 amide bonds. The van der Waals surface area contributed by atoms with Gasteiger partial charge in [0.1, 0.15) is 0 Å². The Kier molecular flexibility index (Phi) is 6.85. The first-order valence-electron chi connectivity index (χ1n) is 15.2. The first-order chi connectivity index (χ1) is 18.9. The monoisotopic (exact) mass is 543 g/mol. The van der Waals surface area contributed by atoms with Crippen LogP contribution in [0.5, 0.6) is 0 Å². The molecule has 4 aromatic carbocycles. The highest BCUT2D eigenvalue weighted by molar-refractivity contribution is 6.21. The third-order valence-corrected chi connectivity index (χ3v) is 8.67. The number of hydrogen-bond acceptors (Lipinski definition) is 0. The van der Waals surface area contributed by atoms with E-state index in [-0.39, 0.29) is 21.7 Å². The topological polar surface area (TPSA) is 15.8 Å². The summed E-state index contributed by atoms with van der Waals surface area (Å²) >= 11 is 0. The van der Waals surface area contributed by atoms with Crippen molar-refractivity contribution < 1.29 is 0 Å². The highest BCUT2D eigenvalue weighted by Gasteiger charge is 2.26.